The second kappa shape index (κ2) is 11.0. The van der Waals surface area contributed by atoms with Crippen LogP contribution in [-0.2, 0) is 20.3 Å². The summed E-state index contributed by atoms with van der Waals surface area (Å²) in [5.74, 6) is 0.625. The molecule has 0 fully saturated rings. The molecule has 13 heteroatoms. The summed E-state index contributed by atoms with van der Waals surface area (Å²) < 4.78 is 45.3. The van der Waals surface area contributed by atoms with E-state index in [2.05, 4.69) is 30.1 Å². The Kier molecular flexibility index (Phi) is 7.74. The number of hydrogen-bond acceptors (Lipinski definition) is 11. The molecule has 0 aliphatic heterocycles. The first-order chi connectivity index (χ1) is 17.8. The van der Waals surface area contributed by atoms with Crippen molar-refractivity contribution in [1.82, 2.24) is 34.7 Å². The van der Waals surface area contributed by atoms with Crippen molar-refractivity contribution >= 4 is 9.84 Å². The number of rotatable bonds is 10. The minimum absolute atomic E-state index is 0.122. The molecule has 0 saturated carbocycles. The number of ether oxygens (including phenoxy) is 3. The summed E-state index contributed by atoms with van der Waals surface area (Å²) in [5.41, 5.74) is 1.82. The van der Waals surface area contributed by atoms with Crippen LogP contribution in [0.1, 0.15) is 30.2 Å². The highest BCUT2D eigenvalue weighted by Crippen LogP contribution is 2.34. The molecule has 0 spiro atoms. The lowest BCUT2D eigenvalue weighted by molar-refractivity contribution is 0.0947. The molecule has 4 aromatic rings. The predicted molar refractivity (Wildman–Crippen MR) is 134 cm³/mol. The SMILES string of the molecule is COc1ncnc(OC)c1-n1c(CS(=O)(=O)[C@@H](C)[C@H](OC)c2ncc(C)cn2)nnc1-c1ccccc1. The molecule has 0 amide bonds. The standard InChI is InChI=1S/C24H27N7O5S/c1-15-11-25-21(26-12-15)20(34-3)16(2)37(32,33)13-18-29-30-22(17-9-7-6-8-10-17)31(18)19-23(35-4)27-14-28-24(19)36-5/h6-12,14,16,20H,13H2,1-5H3/t16-,20-/m0/s1. The molecular weight excluding hydrogens is 498 g/mol. The first kappa shape index (κ1) is 26.1. The average Bonchev–Trinajstić information content (AvgIpc) is 3.32. The summed E-state index contributed by atoms with van der Waals surface area (Å²) in [6, 6.07) is 9.21. The lowest BCUT2D eigenvalue weighted by atomic mass is 10.2. The van der Waals surface area contributed by atoms with Gasteiger partial charge in [-0.2, -0.15) is 9.97 Å². The molecule has 3 aromatic heterocycles. The van der Waals surface area contributed by atoms with E-state index in [1.807, 2.05) is 37.3 Å². The van der Waals surface area contributed by atoms with Crippen molar-refractivity contribution in [3.63, 3.8) is 0 Å². The first-order valence-electron chi connectivity index (χ1n) is 11.3. The number of aryl methyl sites for hydroxylation is 1. The molecular formula is C24H27N7O5S. The summed E-state index contributed by atoms with van der Waals surface area (Å²) in [4.78, 5) is 16.9. The van der Waals surface area contributed by atoms with Gasteiger partial charge < -0.3 is 14.2 Å². The molecule has 0 radical (unpaired) electrons. The van der Waals surface area contributed by atoms with Crippen molar-refractivity contribution in [2.45, 2.75) is 31.0 Å². The van der Waals surface area contributed by atoms with Crippen LogP contribution in [0.3, 0.4) is 0 Å². The second-order valence-corrected chi connectivity index (χ2v) is 10.5. The number of methoxy groups -OCH3 is 3. The monoisotopic (exact) mass is 525 g/mol. The lowest BCUT2D eigenvalue weighted by Gasteiger charge is -2.22. The van der Waals surface area contributed by atoms with Gasteiger partial charge in [0.2, 0.25) is 11.8 Å². The van der Waals surface area contributed by atoms with E-state index in [9.17, 15) is 8.42 Å². The van der Waals surface area contributed by atoms with Crippen molar-refractivity contribution in [2.75, 3.05) is 21.3 Å². The molecule has 0 bridgehead atoms. The number of sulfone groups is 1. The van der Waals surface area contributed by atoms with Crippen molar-refractivity contribution in [3.8, 4) is 28.8 Å². The summed E-state index contributed by atoms with van der Waals surface area (Å²) in [7, 11) is 0.442. The molecule has 37 heavy (non-hydrogen) atoms. The number of nitrogens with zero attached hydrogens (tertiary/aromatic N) is 7. The largest absolute Gasteiger partial charge is 0.479 e. The van der Waals surface area contributed by atoms with Crippen LogP contribution in [0.15, 0.2) is 49.1 Å². The maximum atomic E-state index is 13.7. The van der Waals surface area contributed by atoms with Gasteiger partial charge in [-0.15, -0.1) is 10.2 Å². The van der Waals surface area contributed by atoms with Gasteiger partial charge in [-0.3, -0.25) is 4.57 Å². The molecule has 0 aliphatic rings. The fraction of sp³-hybridized carbons (Fsp3) is 0.333. The smallest absolute Gasteiger partial charge is 0.245 e. The van der Waals surface area contributed by atoms with E-state index in [1.165, 1.54) is 27.7 Å². The van der Waals surface area contributed by atoms with Crippen molar-refractivity contribution in [3.05, 3.63) is 66.3 Å². The predicted octanol–water partition coefficient (Wildman–Crippen LogP) is 2.53. The second-order valence-electron chi connectivity index (χ2n) is 8.17. The zero-order valence-electron chi connectivity index (χ0n) is 21.1. The van der Waals surface area contributed by atoms with Crippen LogP contribution in [0.4, 0.5) is 0 Å². The average molecular weight is 526 g/mol. The number of benzene rings is 1. The third-order valence-corrected chi connectivity index (χ3v) is 7.80. The van der Waals surface area contributed by atoms with E-state index in [1.54, 1.807) is 23.9 Å². The highest BCUT2D eigenvalue weighted by molar-refractivity contribution is 7.91. The Morgan fingerprint density at radius 2 is 1.54 bits per heavy atom. The van der Waals surface area contributed by atoms with Gasteiger partial charge in [0.25, 0.3) is 0 Å². The van der Waals surface area contributed by atoms with Gasteiger partial charge in [-0.25, -0.2) is 18.4 Å². The highest BCUT2D eigenvalue weighted by atomic mass is 32.2. The Hall–Kier alpha value is -3.97. The van der Waals surface area contributed by atoms with Gasteiger partial charge in [0.15, 0.2) is 33.0 Å². The third kappa shape index (κ3) is 5.27. The van der Waals surface area contributed by atoms with Crippen molar-refractivity contribution in [2.24, 2.45) is 0 Å². The fourth-order valence-corrected chi connectivity index (χ4v) is 5.23. The fourth-order valence-electron chi connectivity index (χ4n) is 3.81. The zero-order valence-corrected chi connectivity index (χ0v) is 21.9. The molecule has 3 heterocycles. The summed E-state index contributed by atoms with van der Waals surface area (Å²) in [6.45, 7) is 3.40. The minimum Gasteiger partial charge on any atom is -0.479 e. The maximum absolute atomic E-state index is 13.7. The van der Waals surface area contributed by atoms with Gasteiger partial charge in [0.05, 0.1) is 19.5 Å². The van der Waals surface area contributed by atoms with E-state index in [0.29, 0.717) is 11.4 Å². The topological polar surface area (TPSA) is 144 Å². The van der Waals surface area contributed by atoms with Crippen LogP contribution in [-0.4, -0.2) is 69.7 Å². The van der Waals surface area contributed by atoms with E-state index in [4.69, 9.17) is 14.2 Å². The van der Waals surface area contributed by atoms with Crippen LogP contribution >= 0.6 is 0 Å². The quantitative estimate of drug-likeness (QED) is 0.301. The van der Waals surface area contributed by atoms with Crippen molar-refractivity contribution < 1.29 is 22.6 Å². The van der Waals surface area contributed by atoms with Gasteiger partial charge in [-0.05, 0) is 19.4 Å². The molecule has 0 unspecified atom stereocenters. The Morgan fingerprint density at radius 3 is 2.11 bits per heavy atom. The molecule has 0 aliphatic carbocycles. The number of hydrogen-bond donors (Lipinski definition) is 0. The van der Waals surface area contributed by atoms with Gasteiger partial charge in [0.1, 0.15) is 18.2 Å². The minimum atomic E-state index is -3.87. The van der Waals surface area contributed by atoms with E-state index >= 15 is 0 Å². The zero-order chi connectivity index (χ0) is 26.6. The Bertz CT molecular complexity index is 1440. The van der Waals surface area contributed by atoms with Crippen LogP contribution in [0.5, 0.6) is 11.8 Å². The molecule has 2 atom stereocenters. The summed E-state index contributed by atoms with van der Waals surface area (Å²) >= 11 is 0. The Balaban J connectivity index is 1.83. The van der Waals surface area contributed by atoms with E-state index < -0.39 is 26.9 Å². The van der Waals surface area contributed by atoms with Gasteiger partial charge >= 0.3 is 0 Å². The number of aromatic nitrogens is 7. The lowest BCUT2D eigenvalue weighted by Crippen LogP contribution is -2.30. The Labute approximate surface area is 214 Å². The normalized spacial score (nSPS) is 13.2. The highest BCUT2D eigenvalue weighted by Gasteiger charge is 2.35. The molecule has 1 aromatic carbocycles. The van der Waals surface area contributed by atoms with Gasteiger partial charge in [-0.1, -0.05) is 30.3 Å². The van der Waals surface area contributed by atoms with Gasteiger partial charge in [0, 0.05) is 25.1 Å². The molecule has 4 rings (SSSR count). The van der Waals surface area contributed by atoms with E-state index in [0.717, 1.165) is 5.56 Å². The molecule has 194 valence electrons. The molecule has 0 saturated heterocycles. The summed E-state index contributed by atoms with van der Waals surface area (Å²) in [6.07, 6.45) is 3.63. The summed E-state index contributed by atoms with van der Waals surface area (Å²) in [5, 5.41) is 7.57. The van der Waals surface area contributed by atoms with Crippen LogP contribution in [0.25, 0.3) is 17.1 Å². The maximum Gasteiger partial charge on any atom is 0.245 e. The third-order valence-electron chi connectivity index (χ3n) is 5.76. The first-order valence-corrected chi connectivity index (χ1v) is 13.0. The van der Waals surface area contributed by atoms with Crippen molar-refractivity contribution in [1.29, 1.82) is 0 Å². The van der Waals surface area contributed by atoms with E-state index in [-0.39, 0.29) is 29.1 Å². The molecule has 12 nitrogen and oxygen atoms in total. The van der Waals surface area contributed by atoms with Crippen LogP contribution in [0.2, 0.25) is 0 Å². The Morgan fingerprint density at radius 1 is 0.919 bits per heavy atom. The molecule has 0 N–H and O–H groups in total. The van der Waals surface area contributed by atoms with Crippen LogP contribution in [0, 0.1) is 6.92 Å². The van der Waals surface area contributed by atoms with Crippen LogP contribution < -0.4 is 9.47 Å².